The zero-order valence-corrected chi connectivity index (χ0v) is 15.1. The van der Waals surface area contributed by atoms with Gasteiger partial charge in [-0.25, -0.2) is 4.98 Å². The summed E-state index contributed by atoms with van der Waals surface area (Å²) in [5.74, 6) is 0.512. The highest BCUT2D eigenvalue weighted by Crippen LogP contribution is 2.32. The second kappa shape index (κ2) is 7.36. The molecule has 1 aromatic heterocycles. The molecule has 0 aliphatic carbocycles. The lowest BCUT2D eigenvalue weighted by molar-refractivity contribution is 0.102. The van der Waals surface area contributed by atoms with Crippen molar-refractivity contribution in [1.29, 1.82) is 0 Å². The molecule has 2 aromatic carbocycles. The Morgan fingerprint density at radius 1 is 1.12 bits per heavy atom. The van der Waals surface area contributed by atoms with E-state index in [1.165, 1.54) is 11.3 Å². The van der Waals surface area contributed by atoms with Crippen LogP contribution in [-0.4, -0.2) is 32.1 Å². The molecule has 0 aliphatic heterocycles. The maximum absolute atomic E-state index is 12.4. The summed E-state index contributed by atoms with van der Waals surface area (Å²) in [6, 6.07) is 15.3. The number of amides is 1. The van der Waals surface area contributed by atoms with Crippen LogP contribution < -0.4 is 15.0 Å². The maximum Gasteiger partial charge on any atom is 0.275 e. The maximum atomic E-state index is 12.4. The summed E-state index contributed by atoms with van der Waals surface area (Å²) < 4.78 is 5.36. The van der Waals surface area contributed by atoms with E-state index in [2.05, 4.69) is 10.3 Å². The molecular weight excluding hydrogens is 334 g/mol. The molecule has 25 heavy (non-hydrogen) atoms. The van der Waals surface area contributed by atoms with Crippen molar-refractivity contribution in [3.63, 3.8) is 0 Å². The average molecular weight is 353 g/mol. The van der Waals surface area contributed by atoms with Crippen LogP contribution in [0.5, 0.6) is 5.75 Å². The molecule has 0 saturated carbocycles. The summed E-state index contributed by atoms with van der Waals surface area (Å²) in [7, 11) is 5.57. The number of methoxy groups -OCH3 is 1. The molecule has 0 spiro atoms. The van der Waals surface area contributed by atoms with Crippen LogP contribution in [0.2, 0.25) is 0 Å². The van der Waals surface area contributed by atoms with E-state index in [0.717, 1.165) is 27.7 Å². The molecule has 0 aliphatic rings. The number of para-hydroxylation sites is 1. The molecule has 3 aromatic rings. The molecule has 0 fully saturated rings. The van der Waals surface area contributed by atoms with Gasteiger partial charge in [0.15, 0.2) is 0 Å². The summed E-state index contributed by atoms with van der Waals surface area (Å²) in [4.78, 5) is 18.9. The van der Waals surface area contributed by atoms with Gasteiger partial charge in [-0.05, 0) is 36.4 Å². The first-order valence-corrected chi connectivity index (χ1v) is 8.64. The highest BCUT2D eigenvalue weighted by molar-refractivity contribution is 7.13. The second-order valence-corrected chi connectivity index (χ2v) is 6.49. The van der Waals surface area contributed by atoms with Crippen LogP contribution in [0.3, 0.4) is 0 Å². The number of nitrogens with one attached hydrogen (secondary N) is 1. The predicted molar refractivity (Wildman–Crippen MR) is 103 cm³/mol. The largest absolute Gasteiger partial charge is 0.496 e. The first-order chi connectivity index (χ1) is 12.1. The van der Waals surface area contributed by atoms with E-state index >= 15 is 0 Å². The topological polar surface area (TPSA) is 54.5 Å². The number of hydrogen-bond acceptors (Lipinski definition) is 5. The average Bonchev–Trinajstić information content (AvgIpc) is 3.12. The molecule has 0 bridgehead atoms. The zero-order valence-electron chi connectivity index (χ0n) is 14.3. The van der Waals surface area contributed by atoms with Crippen molar-refractivity contribution < 1.29 is 9.53 Å². The van der Waals surface area contributed by atoms with E-state index in [0.29, 0.717) is 5.69 Å². The molecular formula is C19H19N3O2S. The Bertz CT molecular complexity index is 872. The summed E-state index contributed by atoms with van der Waals surface area (Å²) >= 11 is 1.42. The lowest BCUT2D eigenvalue weighted by Crippen LogP contribution is -2.13. The Kier molecular flexibility index (Phi) is 5.00. The molecule has 0 unspecified atom stereocenters. The molecule has 0 atom stereocenters. The normalized spacial score (nSPS) is 10.4. The van der Waals surface area contributed by atoms with Crippen LogP contribution in [0, 0.1) is 0 Å². The fourth-order valence-electron chi connectivity index (χ4n) is 2.36. The summed E-state index contributed by atoms with van der Waals surface area (Å²) in [5.41, 5.74) is 3.08. The number of thiazole rings is 1. The third-order valence-electron chi connectivity index (χ3n) is 3.72. The number of benzene rings is 2. The Morgan fingerprint density at radius 2 is 1.84 bits per heavy atom. The first-order valence-electron chi connectivity index (χ1n) is 7.76. The number of nitrogens with zero attached hydrogens (tertiary/aromatic N) is 2. The molecule has 1 heterocycles. The third kappa shape index (κ3) is 3.80. The van der Waals surface area contributed by atoms with Crippen molar-refractivity contribution in [3.8, 4) is 16.3 Å². The van der Waals surface area contributed by atoms with Gasteiger partial charge in [-0.15, -0.1) is 11.3 Å². The molecule has 5 nitrogen and oxygen atoms in total. The van der Waals surface area contributed by atoms with Gasteiger partial charge in [-0.2, -0.15) is 0 Å². The minimum absolute atomic E-state index is 0.227. The third-order valence-corrected chi connectivity index (χ3v) is 4.59. The first kappa shape index (κ1) is 17.0. The standard InChI is InChI=1S/C19H19N3O2S/c1-22(2)14-10-8-13(9-11-14)20-18(23)16-12-25-19(21-16)15-6-4-5-7-17(15)24-3/h4-12H,1-3H3,(H,20,23). The Hall–Kier alpha value is -2.86. The molecule has 6 heteroatoms. The van der Waals surface area contributed by atoms with Gasteiger partial charge in [0.25, 0.3) is 5.91 Å². The van der Waals surface area contributed by atoms with Crippen LogP contribution in [0.1, 0.15) is 10.5 Å². The van der Waals surface area contributed by atoms with Crippen molar-refractivity contribution in [2.75, 3.05) is 31.4 Å². The number of carbonyl (C=O) groups excluding carboxylic acids is 1. The smallest absolute Gasteiger partial charge is 0.275 e. The number of hydrogen-bond donors (Lipinski definition) is 1. The van der Waals surface area contributed by atoms with Crippen LogP contribution in [0.25, 0.3) is 10.6 Å². The molecule has 0 saturated heterocycles. The van der Waals surface area contributed by atoms with Crippen molar-refractivity contribution in [2.24, 2.45) is 0 Å². The molecule has 1 N–H and O–H groups in total. The van der Waals surface area contributed by atoms with E-state index in [4.69, 9.17) is 4.74 Å². The van der Waals surface area contributed by atoms with Gasteiger partial charge in [0.1, 0.15) is 16.5 Å². The summed E-state index contributed by atoms with van der Waals surface area (Å²) in [6.45, 7) is 0. The molecule has 128 valence electrons. The monoisotopic (exact) mass is 353 g/mol. The van der Waals surface area contributed by atoms with Gasteiger partial charge in [0.05, 0.1) is 12.7 Å². The van der Waals surface area contributed by atoms with Gasteiger partial charge in [-0.3, -0.25) is 4.79 Å². The fraction of sp³-hybridized carbons (Fsp3) is 0.158. The van der Waals surface area contributed by atoms with Crippen molar-refractivity contribution in [3.05, 3.63) is 59.6 Å². The van der Waals surface area contributed by atoms with Crippen molar-refractivity contribution >= 4 is 28.6 Å². The van der Waals surface area contributed by atoms with Crippen LogP contribution in [0.4, 0.5) is 11.4 Å². The van der Waals surface area contributed by atoms with Gasteiger partial charge in [-0.1, -0.05) is 12.1 Å². The molecule has 3 rings (SSSR count). The minimum atomic E-state index is -0.227. The van der Waals surface area contributed by atoms with Gasteiger partial charge < -0.3 is 15.0 Å². The summed E-state index contributed by atoms with van der Waals surface area (Å²) in [6.07, 6.45) is 0. The lowest BCUT2D eigenvalue weighted by Gasteiger charge is -2.12. The van der Waals surface area contributed by atoms with E-state index in [-0.39, 0.29) is 5.91 Å². The lowest BCUT2D eigenvalue weighted by atomic mass is 10.2. The number of aromatic nitrogens is 1. The number of ether oxygens (including phenoxy) is 1. The number of carbonyl (C=O) groups is 1. The van der Waals surface area contributed by atoms with Crippen molar-refractivity contribution in [2.45, 2.75) is 0 Å². The van der Waals surface area contributed by atoms with Crippen molar-refractivity contribution in [1.82, 2.24) is 4.98 Å². The highest BCUT2D eigenvalue weighted by Gasteiger charge is 2.14. The zero-order chi connectivity index (χ0) is 17.8. The fourth-order valence-corrected chi connectivity index (χ4v) is 3.19. The number of anilines is 2. The highest BCUT2D eigenvalue weighted by atomic mass is 32.1. The van der Waals surface area contributed by atoms with Crippen LogP contribution in [0.15, 0.2) is 53.9 Å². The Labute approximate surface area is 150 Å². The minimum Gasteiger partial charge on any atom is -0.496 e. The van der Waals surface area contributed by atoms with E-state index in [1.54, 1.807) is 12.5 Å². The number of rotatable bonds is 5. The van der Waals surface area contributed by atoms with E-state index < -0.39 is 0 Å². The van der Waals surface area contributed by atoms with Crippen LogP contribution >= 0.6 is 11.3 Å². The van der Waals surface area contributed by atoms with E-state index in [1.807, 2.05) is 67.5 Å². The Morgan fingerprint density at radius 3 is 2.52 bits per heavy atom. The summed E-state index contributed by atoms with van der Waals surface area (Å²) in [5, 5.41) is 5.38. The predicted octanol–water partition coefficient (Wildman–Crippen LogP) is 4.14. The van der Waals surface area contributed by atoms with Gasteiger partial charge in [0, 0.05) is 30.9 Å². The molecule has 1 amide bonds. The van der Waals surface area contributed by atoms with Gasteiger partial charge >= 0.3 is 0 Å². The molecule has 0 radical (unpaired) electrons. The van der Waals surface area contributed by atoms with E-state index in [9.17, 15) is 4.79 Å². The quantitative estimate of drug-likeness (QED) is 0.749. The Balaban J connectivity index is 1.76. The SMILES string of the molecule is COc1ccccc1-c1nc(C(=O)Nc2ccc(N(C)C)cc2)cs1. The van der Waals surface area contributed by atoms with Crippen LogP contribution in [-0.2, 0) is 0 Å². The van der Waals surface area contributed by atoms with Gasteiger partial charge in [0.2, 0.25) is 0 Å². The second-order valence-electron chi connectivity index (χ2n) is 5.63.